The molecule has 0 aliphatic rings. The summed E-state index contributed by atoms with van der Waals surface area (Å²) >= 11 is 1.33. The number of fused-ring (bicyclic) bond motifs is 3. The summed E-state index contributed by atoms with van der Waals surface area (Å²) in [6.45, 7) is 0.221. The summed E-state index contributed by atoms with van der Waals surface area (Å²) in [5, 5.41) is 9.10. The first-order chi connectivity index (χ1) is 17.3. The maximum absolute atomic E-state index is 13.5. The molecular weight excluding hydrogens is 487 g/mol. The minimum Gasteiger partial charge on any atom is -0.496 e. The van der Waals surface area contributed by atoms with Gasteiger partial charge in [0.15, 0.2) is 16.3 Å². The van der Waals surface area contributed by atoms with E-state index < -0.39 is 11.2 Å². The fraction of sp³-hybridized carbons (Fsp3) is 0.208. The van der Waals surface area contributed by atoms with Gasteiger partial charge in [0.2, 0.25) is 5.78 Å². The average molecular weight is 509 g/mol. The zero-order chi connectivity index (χ0) is 25.6. The van der Waals surface area contributed by atoms with Gasteiger partial charge in [0.25, 0.3) is 5.56 Å². The molecule has 12 heteroatoms. The molecule has 5 aromatic rings. The molecule has 0 N–H and O–H groups in total. The summed E-state index contributed by atoms with van der Waals surface area (Å²) in [7, 11) is 4.55. The molecule has 0 aliphatic carbocycles. The number of aldehydes is 1. The van der Waals surface area contributed by atoms with Crippen molar-refractivity contribution in [1.29, 1.82) is 0 Å². The molecule has 3 heterocycles. The van der Waals surface area contributed by atoms with Gasteiger partial charge in [-0.05, 0) is 35.9 Å². The van der Waals surface area contributed by atoms with Gasteiger partial charge < -0.3 is 4.74 Å². The predicted molar refractivity (Wildman–Crippen MR) is 132 cm³/mol. The Balaban J connectivity index is 1.68. The van der Waals surface area contributed by atoms with Crippen LogP contribution in [0.3, 0.4) is 0 Å². The van der Waals surface area contributed by atoms with Crippen molar-refractivity contribution in [3.8, 4) is 5.75 Å². The minimum atomic E-state index is -0.488. The van der Waals surface area contributed by atoms with Crippen LogP contribution in [0, 0.1) is 5.82 Å². The molecular formula is C24H21FN6O4S. The molecule has 184 valence electrons. The number of rotatable bonds is 7. The highest BCUT2D eigenvalue weighted by molar-refractivity contribution is 7.98. The molecule has 0 aliphatic heterocycles. The van der Waals surface area contributed by atoms with Gasteiger partial charge >= 0.3 is 5.69 Å². The largest absolute Gasteiger partial charge is 0.496 e. The van der Waals surface area contributed by atoms with Crippen LogP contribution in [0.5, 0.6) is 5.75 Å². The number of carbonyl (C=O) groups excluding carboxylic acids is 1. The Hall–Kier alpha value is -4.19. The van der Waals surface area contributed by atoms with Crippen LogP contribution in [0.4, 0.5) is 4.39 Å². The van der Waals surface area contributed by atoms with E-state index in [0.717, 1.165) is 22.0 Å². The minimum absolute atomic E-state index is 0.221. The third-order valence-electron chi connectivity index (χ3n) is 6.00. The normalized spacial score (nSPS) is 11.4. The quantitative estimate of drug-likeness (QED) is 0.246. The van der Waals surface area contributed by atoms with Crippen LogP contribution in [-0.4, -0.2) is 41.7 Å². The Morgan fingerprint density at radius 3 is 2.50 bits per heavy atom. The standard InChI is InChI=1S/C24H21FN6O4S/c1-28-20-19(21(33)29(2)24(28)34)30(11-14-4-7-17(25)8-5-14)22-26-27-23(31(20)22)36-13-16-10-15(12-32)6-9-18(16)35-3/h4-10,12H,11,13H2,1-3H3. The highest BCUT2D eigenvalue weighted by Gasteiger charge is 2.24. The van der Waals surface area contributed by atoms with Crippen molar-refractivity contribution >= 4 is 35.0 Å². The number of thioether (sulfide) groups is 1. The first-order valence-corrected chi connectivity index (χ1v) is 11.8. The molecule has 0 amide bonds. The fourth-order valence-corrected chi connectivity index (χ4v) is 5.08. The van der Waals surface area contributed by atoms with Crippen molar-refractivity contribution in [1.82, 2.24) is 28.3 Å². The molecule has 2 aromatic carbocycles. The van der Waals surface area contributed by atoms with E-state index in [-0.39, 0.29) is 17.9 Å². The Bertz CT molecular complexity index is 1750. The lowest BCUT2D eigenvalue weighted by Gasteiger charge is -2.09. The molecule has 0 saturated carbocycles. The molecule has 0 fully saturated rings. The number of nitrogens with zero attached hydrogens (tertiary/aromatic N) is 6. The van der Waals surface area contributed by atoms with Gasteiger partial charge in [0.05, 0.1) is 13.7 Å². The zero-order valence-electron chi connectivity index (χ0n) is 19.6. The summed E-state index contributed by atoms with van der Waals surface area (Å²) in [5.74, 6) is 1.02. The number of imidazole rings is 1. The third kappa shape index (κ3) is 3.79. The molecule has 0 unspecified atom stereocenters. The maximum atomic E-state index is 13.5. The summed E-state index contributed by atoms with van der Waals surface area (Å²) in [6, 6.07) is 11.1. The lowest BCUT2D eigenvalue weighted by atomic mass is 10.1. The number of benzene rings is 2. The first kappa shape index (κ1) is 23.5. The van der Waals surface area contributed by atoms with Crippen LogP contribution in [0.1, 0.15) is 21.5 Å². The second-order valence-electron chi connectivity index (χ2n) is 8.19. The lowest BCUT2D eigenvalue weighted by molar-refractivity contribution is 0.112. The average Bonchev–Trinajstić information content (AvgIpc) is 3.44. The van der Waals surface area contributed by atoms with E-state index in [9.17, 15) is 18.8 Å². The highest BCUT2D eigenvalue weighted by atomic mass is 32.2. The van der Waals surface area contributed by atoms with Crippen molar-refractivity contribution in [2.45, 2.75) is 17.5 Å². The van der Waals surface area contributed by atoms with Crippen molar-refractivity contribution in [2.75, 3.05) is 7.11 Å². The summed E-state index contributed by atoms with van der Waals surface area (Å²) < 4.78 is 24.6. The number of hydrogen-bond donors (Lipinski definition) is 0. The van der Waals surface area contributed by atoms with Crippen LogP contribution in [0.15, 0.2) is 57.2 Å². The van der Waals surface area contributed by atoms with Gasteiger partial charge in [-0.25, -0.2) is 13.6 Å². The van der Waals surface area contributed by atoms with Crippen molar-refractivity contribution in [2.24, 2.45) is 14.1 Å². The van der Waals surface area contributed by atoms with E-state index in [1.54, 1.807) is 53.5 Å². The monoisotopic (exact) mass is 508 g/mol. The van der Waals surface area contributed by atoms with Gasteiger partial charge in [-0.3, -0.25) is 23.3 Å². The smallest absolute Gasteiger partial charge is 0.332 e. The maximum Gasteiger partial charge on any atom is 0.332 e. The number of methoxy groups -OCH3 is 1. The van der Waals surface area contributed by atoms with Crippen LogP contribution in [0.2, 0.25) is 0 Å². The molecule has 0 saturated heterocycles. The number of carbonyl (C=O) groups is 1. The molecule has 10 nitrogen and oxygen atoms in total. The van der Waals surface area contributed by atoms with E-state index in [4.69, 9.17) is 4.74 Å². The molecule has 0 radical (unpaired) electrons. The second-order valence-corrected chi connectivity index (χ2v) is 9.13. The molecule has 36 heavy (non-hydrogen) atoms. The van der Waals surface area contributed by atoms with Crippen LogP contribution in [-0.2, 0) is 26.4 Å². The Morgan fingerprint density at radius 2 is 1.81 bits per heavy atom. The van der Waals surface area contributed by atoms with Crippen molar-refractivity contribution < 1.29 is 13.9 Å². The molecule has 5 rings (SSSR count). The fourth-order valence-electron chi connectivity index (χ4n) is 4.17. The van der Waals surface area contributed by atoms with Crippen LogP contribution >= 0.6 is 11.8 Å². The first-order valence-electron chi connectivity index (χ1n) is 10.9. The Labute approximate surface area is 207 Å². The SMILES string of the molecule is COc1ccc(C=O)cc1CSc1nnc2n(Cc3ccc(F)cc3)c3c(=O)n(C)c(=O)n(C)c3n12. The number of hydrogen-bond acceptors (Lipinski definition) is 7. The molecule has 0 spiro atoms. The van der Waals surface area contributed by atoms with Crippen LogP contribution in [0.25, 0.3) is 16.9 Å². The number of aromatic nitrogens is 6. The third-order valence-corrected chi connectivity index (χ3v) is 6.98. The zero-order valence-corrected chi connectivity index (χ0v) is 20.5. The lowest BCUT2D eigenvalue weighted by Crippen LogP contribution is -2.37. The number of ether oxygens (including phenoxy) is 1. The molecule has 0 bridgehead atoms. The van der Waals surface area contributed by atoms with E-state index in [0.29, 0.717) is 33.6 Å². The van der Waals surface area contributed by atoms with E-state index in [1.807, 2.05) is 0 Å². The second kappa shape index (κ2) is 9.11. The van der Waals surface area contributed by atoms with E-state index in [1.165, 1.54) is 35.5 Å². The van der Waals surface area contributed by atoms with Gasteiger partial charge in [0.1, 0.15) is 17.9 Å². The summed E-state index contributed by atoms with van der Waals surface area (Å²) in [6.07, 6.45) is 0.761. The van der Waals surface area contributed by atoms with Crippen LogP contribution < -0.4 is 16.0 Å². The van der Waals surface area contributed by atoms with Gasteiger partial charge in [0, 0.05) is 31.0 Å². The predicted octanol–water partition coefficient (Wildman–Crippen LogP) is 2.38. The van der Waals surface area contributed by atoms with Gasteiger partial charge in [-0.2, -0.15) is 0 Å². The topological polar surface area (TPSA) is 105 Å². The molecule has 3 aromatic heterocycles. The number of aryl methyl sites for hydroxylation is 1. The Kier molecular flexibility index (Phi) is 5.96. The van der Waals surface area contributed by atoms with E-state index >= 15 is 0 Å². The summed E-state index contributed by atoms with van der Waals surface area (Å²) in [4.78, 5) is 37.3. The van der Waals surface area contributed by atoms with Gasteiger partial charge in [-0.15, -0.1) is 10.2 Å². The van der Waals surface area contributed by atoms with Crippen molar-refractivity contribution in [3.05, 3.63) is 85.8 Å². The number of halogens is 1. The molecule has 0 atom stereocenters. The van der Waals surface area contributed by atoms with E-state index in [2.05, 4.69) is 10.2 Å². The summed E-state index contributed by atoms with van der Waals surface area (Å²) in [5.41, 5.74) is 1.70. The van der Waals surface area contributed by atoms with Gasteiger partial charge in [-0.1, -0.05) is 23.9 Å². The highest BCUT2D eigenvalue weighted by Crippen LogP contribution is 2.30. The van der Waals surface area contributed by atoms with Crippen molar-refractivity contribution in [3.63, 3.8) is 0 Å². The Morgan fingerprint density at radius 1 is 1.06 bits per heavy atom.